The van der Waals surface area contributed by atoms with Crippen molar-refractivity contribution in [2.24, 2.45) is 11.7 Å². The van der Waals surface area contributed by atoms with Crippen molar-refractivity contribution in [1.29, 1.82) is 0 Å². The Morgan fingerprint density at radius 3 is 2.48 bits per heavy atom. The Hall–Kier alpha value is -3.07. The lowest BCUT2D eigenvalue weighted by atomic mass is 9.99. The van der Waals surface area contributed by atoms with Crippen LogP contribution in [0.3, 0.4) is 0 Å². The van der Waals surface area contributed by atoms with Gasteiger partial charge >= 0.3 is 0 Å². The highest BCUT2D eigenvalue weighted by atomic mass is 16.5. The van der Waals surface area contributed by atoms with Crippen LogP contribution in [0.1, 0.15) is 37.8 Å². The fourth-order valence-corrected chi connectivity index (χ4v) is 3.52. The van der Waals surface area contributed by atoms with Crippen molar-refractivity contribution in [3.05, 3.63) is 29.5 Å². The maximum atomic E-state index is 5.90. The van der Waals surface area contributed by atoms with Gasteiger partial charge in [0.25, 0.3) is 0 Å². The maximum absolute atomic E-state index is 5.90. The third kappa shape index (κ3) is 5.35. The molecule has 9 nitrogen and oxygen atoms in total. The topological polar surface area (TPSA) is 126 Å². The molecule has 31 heavy (non-hydrogen) atoms. The SMILES string of the molecule is CCCCNc1nc(N)nc2cn(Cc3c(OC)cc(CC(C)CN)cc3OC)nc12. The summed E-state index contributed by atoms with van der Waals surface area (Å²) in [6.45, 7) is 6.16. The number of methoxy groups -OCH3 is 2. The number of ether oxygens (including phenoxy) is 2. The highest BCUT2D eigenvalue weighted by molar-refractivity contribution is 5.85. The van der Waals surface area contributed by atoms with Gasteiger partial charge in [-0.05, 0) is 43.0 Å². The Morgan fingerprint density at radius 2 is 1.87 bits per heavy atom. The number of anilines is 2. The predicted molar refractivity (Wildman–Crippen MR) is 124 cm³/mol. The van der Waals surface area contributed by atoms with E-state index in [0.717, 1.165) is 48.4 Å². The number of hydrogen-bond acceptors (Lipinski definition) is 8. The molecule has 5 N–H and O–H groups in total. The standard InChI is InChI=1S/C22H33N7O2/c1-5-6-7-25-21-20-17(26-22(24)27-21)13-29(28-20)12-16-18(30-3)9-15(8-14(2)11-23)10-19(16)31-4/h9-10,13-14H,5-8,11-12,23H2,1-4H3,(H3,24,25,26,27). The first-order chi connectivity index (χ1) is 15.0. The molecule has 0 saturated heterocycles. The average Bonchev–Trinajstić information content (AvgIpc) is 3.16. The molecule has 0 bridgehead atoms. The smallest absolute Gasteiger partial charge is 0.222 e. The summed E-state index contributed by atoms with van der Waals surface area (Å²) in [5.74, 6) is 2.76. The molecular weight excluding hydrogens is 394 g/mol. The molecule has 1 atom stereocenters. The molecule has 0 aliphatic rings. The molecule has 1 unspecified atom stereocenters. The Kier molecular flexibility index (Phi) is 7.51. The van der Waals surface area contributed by atoms with E-state index >= 15 is 0 Å². The van der Waals surface area contributed by atoms with Gasteiger partial charge in [-0.25, -0.2) is 4.98 Å². The normalized spacial score (nSPS) is 12.2. The third-order valence-corrected chi connectivity index (χ3v) is 5.23. The van der Waals surface area contributed by atoms with Crippen molar-refractivity contribution in [2.75, 3.05) is 38.4 Å². The van der Waals surface area contributed by atoms with E-state index in [1.165, 1.54) is 0 Å². The summed E-state index contributed by atoms with van der Waals surface area (Å²) in [7, 11) is 3.33. The van der Waals surface area contributed by atoms with Gasteiger partial charge in [0.15, 0.2) is 11.3 Å². The quantitative estimate of drug-likeness (QED) is 0.399. The summed E-state index contributed by atoms with van der Waals surface area (Å²) in [5, 5.41) is 8.02. The van der Waals surface area contributed by atoms with Crippen LogP contribution in [0, 0.1) is 5.92 Å². The Labute approximate surface area is 183 Å². The summed E-state index contributed by atoms with van der Waals surface area (Å²) in [4.78, 5) is 8.67. The van der Waals surface area contributed by atoms with Gasteiger partial charge in [-0.3, -0.25) is 4.68 Å². The molecule has 0 aliphatic carbocycles. The van der Waals surface area contributed by atoms with Crippen LogP contribution >= 0.6 is 0 Å². The molecule has 9 heteroatoms. The lowest BCUT2D eigenvalue weighted by Gasteiger charge is -2.17. The van der Waals surface area contributed by atoms with E-state index < -0.39 is 0 Å². The molecule has 0 amide bonds. The zero-order chi connectivity index (χ0) is 22.4. The van der Waals surface area contributed by atoms with E-state index in [1.54, 1.807) is 14.2 Å². The zero-order valence-corrected chi connectivity index (χ0v) is 18.8. The second kappa shape index (κ2) is 10.3. The van der Waals surface area contributed by atoms with E-state index in [4.69, 9.17) is 26.0 Å². The molecule has 2 aromatic heterocycles. The molecule has 3 aromatic rings. The molecule has 0 spiro atoms. The monoisotopic (exact) mass is 427 g/mol. The van der Waals surface area contributed by atoms with Gasteiger partial charge in [-0.2, -0.15) is 10.1 Å². The number of nitrogens with one attached hydrogen (secondary N) is 1. The van der Waals surface area contributed by atoms with Crippen LogP contribution in [0.4, 0.5) is 11.8 Å². The number of rotatable bonds is 11. The van der Waals surface area contributed by atoms with Gasteiger partial charge in [-0.15, -0.1) is 0 Å². The molecule has 2 heterocycles. The maximum Gasteiger partial charge on any atom is 0.222 e. The minimum Gasteiger partial charge on any atom is -0.496 e. The van der Waals surface area contributed by atoms with E-state index in [1.807, 2.05) is 23.0 Å². The lowest BCUT2D eigenvalue weighted by Crippen LogP contribution is -2.13. The van der Waals surface area contributed by atoms with E-state index in [9.17, 15) is 0 Å². The van der Waals surface area contributed by atoms with E-state index in [-0.39, 0.29) is 5.95 Å². The highest BCUT2D eigenvalue weighted by Crippen LogP contribution is 2.33. The molecule has 0 fully saturated rings. The molecule has 0 radical (unpaired) electrons. The van der Waals surface area contributed by atoms with Crippen molar-refractivity contribution in [3.8, 4) is 11.5 Å². The number of nitrogens with zero attached hydrogens (tertiary/aromatic N) is 4. The van der Waals surface area contributed by atoms with Crippen molar-refractivity contribution in [3.63, 3.8) is 0 Å². The summed E-state index contributed by atoms with van der Waals surface area (Å²) < 4.78 is 13.2. The van der Waals surface area contributed by atoms with Crippen LogP contribution in [0.25, 0.3) is 11.0 Å². The van der Waals surface area contributed by atoms with Gasteiger partial charge in [0, 0.05) is 6.54 Å². The zero-order valence-electron chi connectivity index (χ0n) is 18.8. The van der Waals surface area contributed by atoms with Crippen LogP contribution < -0.4 is 26.3 Å². The second-order valence-corrected chi connectivity index (χ2v) is 7.80. The number of nitrogens with two attached hydrogens (primary N) is 2. The molecule has 1 aromatic carbocycles. The minimum absolute atomic E-state index is 0.222. The molecule has 0 saturated carbocycles. The number of benzene rings is 1. The van der Waals surface area contributed by atoms with Crippen LogP contribution in [-0.2, 0) is 13.0 Å². The van der Waals surface area contributed by atoms with Crippen LogP contribution in [0.2, 0.25) is 0 Å². The van der Waals surface area contributed by atoms with Gasteiger partial charge in [0.1, 0.15) is 17.0 Å². The lowest BCUT2D eigenvalue weighted by molar-refractivity contribution is 0.380. The first-order valence-electron chi connectivity index (χ1n) is 10.7. The van der Waals surface area contributed by atoms with Gasteiger partial charge in [0.2, 0.25) is 5.95 Å². The van der Waals surface area contributed by atoms with Crippen LogP contribution in [-0.4, -0.2) is 47.1 Å². The molecule has 3 rings (SSSR count). The van der Waals surface area contributed by atoms with E-state index in [2.05, 4.69) is 29.1 Å². The fourth-order valence-electron chi connectivity index (χ4n) is 3.52. The molecule has 168 valence electrons. The second-order valence-electron chi connectivity index (χ2n) is 7.80. The number of fused-ring (bicyclic) bond motifs is 1. The van der Waals surface area contributed by atoms with Crippen molar-refractivity contribution in [1.82, 2.24) is 19.7 Å². The summed E-state index contributed by atoms with van der Waals surface area (Å²) in [6.07, 6.45) is 4.85. The largest absolute Gasteiger partial charge is 0.496 e. The predicted octanol–water partition coefficient (Wildman–Crippen LogP) is 2.82. The fraction of sp³-hybridized carbons (Fsp3) is 0.500. The Morgan fingerprint density at radius 1 is 1.16 bits per heavy atom. The number of hydrogen-bond donors (Lipinski definition) is 3. The summed E-state index contributed by atoms with van der Waals surface area (Å²) >= 11 is 0. The molecular formula is C22H33N7O2. The van der Waals surface area contributed by atoms with Crippen molar-refractivity contribution in [2.45, 2.75) is 39.7 Å². The highest BCUT2D eigenvalue weighted by Gasteiger charge is 2.17. The summed E-state index contributed by atoms with van der Waals surface area (Å²) in [5.41, 5.74) is 15.1. The number of nitrogen functional groups attached to an aromatic ring is 1. The van der Waals surface area contributed by atoms with Crippen molar-refractivity contribution < 1.29 is 9.47 Å². The van der Waals surface area contributed by atoms with Crippen LogP contribution in [0.15, 0.2) is 18.3 Å². The first kappa shape index (κ1) is 22.6. The Balaban J connectivity index is 1.95. The van der Waals surface area contributed by atoms with Crippen molar-refractivity contribution >= 4 is 22.8 Å². The third-order valence-electron chi connectivity index (χ3n) is 5.23. The average molecular weight is 428 g/mol. The first-order valence-corrected chi connectivity index (χ1v) is 10.7. The minimum atomic E-state index is 0.222. The van der Waals surface area contributed by atoms with Gasteiger partial charge < -0.3 is 26.3 Å². The Bertz CT molecular complexity index is 994. The summed E-state index contributed by atoms with van der Waals surface area (Å²) in [6, 6.07) is 4.09. The van der Waals surface area contributed by atoms with Gasteiger partial charge in [-0.1, -0.05) is 20.3 Å². The van der Waals surface area contributed by atoms with Gasteiger partial charge in [0.05, 0.1) is 32.5 Å². The number of aromatic nitrogens is 4. The molecule has 0 aliphatic heterocycles. The number of unbranched alkanes of at least 4 members (excludes halogenated alkanes) is 1. The van der Waals surface area contributed by atoms with Crippen LogP contribution in [0.5, 0.6) is 11.5 Å². The van der Waals surface area contributed by atoms with E-state index in [0.29, 0.717) is 35.9 Å².